The van der Waals surface area contributed by atoms with Gasteiger partial charge in [-0.25, -0.2) is 4.98 Å². The highest BCUT2D eigenvalue weighted by molar-refractivity contribution is 6.22. The van der Waals surface area contributed by atoms with Crippen LogP contribution in [0.15, 0.2) is 97.1 Å². The first kappa shape index (κ1) is 16.1. The lowest BCUT2D eigenvalue weighted by molar-refractivity contribution is 0.476. The number of hydrogen-bond donors (Lipinski definition) is 1. The summed E-state index contributed by atoms with van der Waals surface area (Å²) in [5, 5.41) is 18.0. The second-order valence-corrected chi connectivity index (χ2v) is 7.43. The molecule has 0 fully saturated rings. The number of phenolic OH excluding ortho intramolecular Hbond substituents is 1. The Morgan fingerprint density at radius 2 is 1.31 bits per heavy atom. The van der Waals surface area contributed by atoms with Gasteiger partial charge >= 0.3 is 0 Å². The lowest BCUT2D eigenvalue weighted by Crippen LogP contribution is -1.91. The first-order chi connectivity index (χ1) is 14.3. The molecule has 0 aliphatic heterocycles. The van der Waals surface area contributed by atoms with Crippen molar-refractivity contribution >= 4 is 43.2 Å². The largest absolute Gasteiger partial charge is 0.508 e. The van der Waals surface area contributed by atoms with E-state index in [0.717, 1.165) is 43.7 Å². The van der Waals surface area contributed by atoms with Gasteiger partial charge in [0.15, 0.2) is 0 Å². The van der Waals surface area contributed by atoms with Crippen molar-refractivity contribution in [2.24, 2.45) is 0 Å². The zero-order valence-corrected chi connectivity index (χ0v) is 15.6. The summed E-state index contributed by atoms with van der Waals surface area (Å²) in [6.07, 6.45) is 0. The summed E-state index contributed by atoms with van der Waals surface area (Å²) in [4.78, 5) is 5.05. The van der Waals surface area contributed by atoms with Gasteiger partial charge in [-0.2, -0.15) is 0 Å². The van der Waals surface area contributed by atoms with E-state index in [2.05, 4.69) is 66.7 Å². The van der Waals surface area contributed by atoms with Crippen LogP contribution in [0, 0.1) is 0 Å². The third-order valence-corrected chi connectivity index (χ3v) is 5.69. The summed E-state index contributed by atoms with van der Waals surface area (Å²) in [6, 6.07) is 32.9. The van der Waals surface area contributed by atoms with E-state index in [-0.39, 0.29) is 5.75 Å². The van der Waals surface area contributed by atoms with E-state index in [0.29, 0.717) is 0 Å². The number of phenols is 1. The van der Waals surface area contributed by atoms with Crippen molar-refractivity contribution in [3.8, 4) is 17.0 Å². The topological polar surface area (TPSA) is 33.1 Å². The molecule has 0 bridgehead atoms. The third-order valence-electron chi connectivity index (χ3n) is 5.69. The van der Waals surface area contributed by atoms with Gasteiger partial charge in [-0.1, -0.05) is 72.8 Å². The van der Waals surface area contributed by atoms with Crippen LogP contribution in [0.25, 0.3) is 54.5 Å². The molecular weight excluding hydrogens is 354 g/mol. The molecular formula is C27H17NO. The maximum atomic E-state index is 10.2. The molecule has 1 heterocycles. The lowest BCUT2D eigenvalue weighted by atomic mass is 9.94. The number of rotatable bonds is 1. The SMILES string of the molecule is Oc1ccc2ccc3c(-c4ccc5ccccc5c4)nc4ccccc4c3c2c1. The van der Waals surface area contributed by atoms with Gasteiger partial charge in [0.25, 0.3) is 0 Å². The molecule has 0 unspecified atom stereocenters. The fourth-order valence-corrected chi connectivity index (χ4v) is 4.32. The molecule has 1 N–H and O–H groups in total. The number of nitrogens with zero attached hydrogens (tertiary/aromatic N) is 1. The Balaban J connectivity index is 1.80. The highest BCUT2D eigenvalue weighted by Gasteiger charge is 2.13. The molecule has 6 aromatic rings. The number of aromatic nitrogens is 1. The van der Waals surface area contributed by atoms with Crippen molar-refractivity contribution in [2.45, 2.75) is 0 Å². The lowest BCUT2D eigenvalue weighted by Gasteiger charge is -2.13. The quantitative estimate of drug-likeness (QED) is 0.314. The molecule has 0 saturated carbocycles. The molecule has 136 valence electrons. The minimum absolute atomic E-state index is 0.276. The summed E-state index contributed by atoms with van der Waals surface area (Å²) < 4.78 is 0. The van der Waals surface area contributed by atoms with Crippen LogP contribution in [0.5, 0.6) is 5.75 Å². The maximum absolute atomic E-state index is 10.2. The fraction of sp³-hybridized carbons (Fsp3) is 0. The average Bonchev–Trinajstić information content (AvgIpc) is 2.77. The Hall–Kier alpha value is -3.91. The Morgan fingerprint density at radius 3 is 2.24 bits per heavy atom. The molecule has 0 saturated heterocycles. The predicted octanol–water partition coefficient (Wildman–Crippen LogP) is 7.07. The number of benzene rings is 5. The molecule has 2 nitrogen and oxygen atoms in total. The summed E-state index contributed by atoms with van der Waals surface area (Å²) in [5.41, 5.74) is 3.02. The van der Waals surface area contributed by atoms with E-state index < -0.39 is 0 Å². The third kappa shape index (κ3) is 2.46. The Labute approximate surface area is 167 Å². The average molecular weight is 371 g/mol. The van der Waals surface area contributed by atoms with E-state index in [1.807, 2.05) is 24.3 Å². The highest BCUT2D eigenvalue weighted by Crippen LogP contribution is 2.38. The Bertz CT molecular complexity index is 1570. The van der Waals surface area contributed by atoms with Gasteiger partial charge in [-0.15, -0.1) is 0 Å². The molecule has 1 aromatic heterocycles. The smallest absolute Gasteiger partial charge is 0.116 e. The van der Waals surface area contributed by atoms with Crippen molar-refractivity contribution in [1.82, 2.24) is 4.98 Å². The van der Waals surface area contributed by atoms with Gasteiger partial charge in [0.2, 0.25) is 0 Å². The van der Waals surface area contributed by atoms with Crippen molar-refractivity contribution in [1.29, 1.82) is 0 Å². The summed E-state index contributed by atoms with van der Waals surface area (Å²) in [5.74, 6) is 0.276. The monoisotopic (exact) mass is 371 g/mol. The Kier molecular flexibility index (Phi) is 3.35. The molecule has 0 radical (unpaired) electrons. The number of pyridine rings is 1. The minimum atomic E-state index is 0.276. The standard InChI is InChI=1S/C27H17NO/c29-21-13-11-18-12-14-23-26(24(18)16-21)22-7-3-4-8-25(22)28-27(23)20-10-9-17-5-1-2-6-19(17)15-20/h1-16,29H. The van der Waals surface area contributed by atoms with Gasteiger partial charge in [0, 0.05) is 21.7 Å². The normalized spacial score (nSPS) is 11.6. The number of fused-ring (bicyclic) bond motifs is 6. The van der Waals surface area contributed by atoms with Crippen LogP contribution in [0.3, 0.4) is 0 Å². The second-order valence-electron chi connectivity index (χ2n) is 7.43. The maximum Gasteiger partial charge on any atom is 0.116 e. The van der Waals surface area contributed by atoms with E-state index >= 15 is 0 Å². The molecule has 0 spiro atoms. The van der Waals surface area contributed by atoms with E-state index in [1.165, 1.54) is 10.8 Å². The second kappa shape index (κ2) is 6.05. The van der Waals surface area contributed by atoms with Crippen molar-refractivity contribution < 1.29 is 5.11 Å². The van der Waals surface area contributed by atoms with Crippen molar-refractivity contribution in [3.05, 3.63) is 97.1 Å². The molecule has 29 heavy (non-hydrogen) atoms. The zero-order valence-electron chi connectivity index (χ0n) is 15.6. The molecule has 0 aliphatic carbocycles. The molecule has 6 rings (SSSR count). The van der Waals surface area contributed by atoms with Gasteiger partial charge in [-0.3, -0.25) is 0 Å². The minimum Gasteiger partial charge on any atom is -0.508 e. The number of aromatic hydroxyl groups is 1. The van der Waals surface area contributed by atoms with Crippen LogP contribution in [-0.2, 0) is 0 Å². The van der Waals surface area contributed by atoms with Crippen LogP contribution < -0.4 is 0 Å². The van der Waals surface area contributed by atoms with E-state index in [4.69, 9.17) is 4.98 Å². The van der Waals surface area contributed by atoms with Crippen molar-refractivity contribution in [3.63, 3.8) is 0 Å². The molecule has 5 aromatic carbocycles. The van der Waals surface area contributed by atoms with Crippen LogP contribution >= 0.6 is 0 Å². The number of hydrogen-bond acceptors (Lipinski definition) is 2. The summed E-state index contributed by atoms with van der Waals surface area (Å²) in [7, 11) is 0. The fourth-order valence-electron chi connectivity index (χ4n) is 4.32. The molecule has 0 atom stereocenters. The van der Waals surface area contributed by atoms with Gasteiger partial charge in [0.05, 0.1) is 11.2 Å². The van der Waals surface area contributed by atoms with Crippen LogP contribution in [0.2, 0.25) is 0 Å². The van der Waals surface area contributed by atoms with Crippen LogP contribution in [0.1, 0.15) is 0 Å². The summed E-state index contributed by atoms with van der Waals surface area (Å²) in [6.45, 7) is 0. The molecule has 0 amide bonds. The van der Waals surface area contributed by atoms with Crippen LogP contribution in [0.4, 0.5) is 0 Å². The van der Waals surface area contributed by atoms with Gasteiger partial charge in [0.1, 0.15) is 5.75 Å². The van der Waals surface area contributed by atoms with Gasteiger partial charge in [-0.05, 0) is 45.8 Å². The first-order valence-electron chi connectivity index (χ1n) is 9.71. The molecule has 0 aliphatic rings. The Morgan fingerprint density at radius 1 is 0.552 bits per heavy atom. The highest BCUT2D eigenvalue weighted by atomic mass is 16.3. The zero-order chi connectivity index (χ0) is 19.4. The molecule has 2 heteroatoms. The number of para-hydroxylation sites is 1. The van der Waals surface area contributed by atoms with E-state index in [1.54, 1.807) is 6.07 Å². The van der Waals surface area contributed by atoms with Gasteiger partial charge < -0.3 is 5.11 Å². The van der Waals surface area contributed by atoms with Crippen molar-refractivity contribution in [2.75, 3.05) is 0 Å². The van der Waals surface area contributed by atoms with Crippen LogP contribution in [-0.4, -0.2) is 10.1 Å². The van der Waals surface area contributed by atoms with E-state index in [9.17, 15) is 5.11 Å². The predicted molar refractivity (Wildman–Crippen MR) is 121 cm³/mol. The first-order valence-corrected chi connectivity index (χ1v) is 9.71. The summed E-state index contributed by atoms with van der Waals surface area (Å²) >= 11 is 0.